The Balaban J connectivity index is 3.89. The number of hydrogen-bond donors (Lipinski definition) is 1. The lowest BCUT2D eigenvalue weighted by Gasteiger charge is -2.29. The van der Waals surface area contributed by atoms with Crippen molar-refractivity contribution in [3.8, 4) is 0 Å². The quantitative estimate of drug-likeness (QED) is 0.709. The van der Waals surface area contributed by atoms with E-state index in [1.165, 1.54) is 0 Å². The summed E-state index contributed by atoms with van der Waals surface area (Å²) in [5.74, 6) is 0. The second-order valence-corrected chi connectivity index (χ2v) is 4.33. The summed E-state index contributed by atoms with van der Waals surface area (Å²) in [5.41, 5.74) is -0.786. The average Bonchev–Trinajstić information content (AvgIpc) is 1.99. The maximum atomic E-state index is 9.87. The van der Waals surface area contributed by atoms with Crippen molar-refractivity contribution < 1.29 is 9.84 Å². The van der Waals surface area contributed by atoms with Gasteiger partial charge in [0, 0.05) is 0 Å². The van der Waals surface area contributed by atoms with E-state index in [1.807, 2.05) is 34.6 Å². The van der Waals surface area contributed by atoms with Crippen LogP contribution in [0, 0.1) is 0 Å². The molecule has 0 aliphatic rings. The first-order valence-electron chi connectivity index (χ1n) is 4.69. The minimum Gasteiger partial charge on any atom is -0.388 e. The number of ether oxygens (including phenoxy) is 1. The lowest BCUT2D eigenvalue weighted by atomic mass is 9.98. The molecule has 0 bridgehead atoms. The van der Waals surface area contributed by atoms with Gasteiger partial charge in [-0.05, 0) is 33.6 Å². The van der Waals surface area contributed by atoms with Gasteiger partial charge in [-0.15, -0.1) is 0 Å². The topological polar surface area (TPSA) is 29.5 Å². The second kappa shape index (κ2) is 4.24. The van der Waals surface area contributed by atoms with Crippen molar-refractivity contribution >= 4 is 0 Å². The molecule has 0 saturated heterocycles. The van der Waals surface area contributed by atoms with Gasteiger partial charge >= 0.3 is 0 Å². The van der Waals surface area contributed by atoms with Gasteiger partial charge < -0.3 is 9.84 Å². The van der Waals surface area contributed by atoms with E-state index >= 15 is 0 Å². The third kappa shape index (κ3) is 4.73. The molecule has 0 aliphatic carbocycles. The zero-order valence-corrected chi connectivity index (χ0v) is 8.98. The smallest absolute Gasteiger partial charge is 0.0875 e. The molecule has 0 aromatic heterocycles. The van der Waals surface area contributed by atoms with Crippen LogP contribution in [-0.2, 0) is 4.74 Å². The summed E-state index contributed by atoms with van der Waals surface area (Å²) in [6.45, 7) is 10.4. The lowest BCUT2D eigenvalue weighted by molar-refractivity contribution is -0.102. The standard InChI is InChI=1S/C10H22O2/c1-6-10(11,7-2)8-12-9(3,4)5/h11H,6-8H2,1-5H3. The van der Waals surface area contributed by atoms with Crippen molar-refractivity contribution in [1.29, 1.82) is 0 Å². The molecule has 0 amide bonds. The highest BCUT2D eigenvalue weighted by Gasteiger charge is 2.25. The predicted molar refractivity (Wildman–Crippen MR) is 51.2 cm³/mol. The third-order valence-electron chi connectivity index (χ3n) is 2.09. The minimum absolute atomic E-state index is 0.154. The van der Waals surface area contributed by atoms with Gasteiger partial charge in [0.2, 0.25) is 0 Å². The highest BCUT2D eigenvalue weighted by atomic mass is 16.5. The van der Waals surface area contributed by atoms with Crippen molar-refractivity contribution in [2.75, 3.05) is 6.61 Å². The van der Waals surface area contributed by atoms with Crippen LogP contribution < -0.4 is 0 Å². The minimum atomic E-state index is -0.632. The molecule has 0 rings (SSSR count). The highest BCUT2D eigenvalue weighted by molar-refractivity contribution is 4.75. The molecule has 0 aromatic carbocycles. The molecular formula is C10H22O2. The second-order valence-electron chi connectivity index (χ2n) is 4.33. The molecule has 12 heavy (non-hydrogen) atoms. The molecule has 0 radical (unpaired) electrons. The Morgan fingerprint density at radius 1 is 1.08 bits per heavy atom. The molecular weight excluding hydrogens is 152 g/mol. The summed E-state index contributed by atoms with van der Waals surface area (Å²) in [7, 11) is 0. The van der Waals surface area contributed by atoms with Crippen molar-refractivity contribution in [1.82, 2.24) is 0 Å². The van der Waals surface area contributed by atoms with E-state index < -0.39 is 5.60 Å². The molecule has 0 saturated carbocycles. The summed E-state index contributed by atoms with van der Waals surface area (Å²) in [4.78, 5) is 0. The summed E-state index contributed by atoms with van der Waals surface area (Å²) in [5, 5.41) is 9.87. The summed E-state index contributed by atoms with van der Waals surface area (Å²) in [6.07, 6.45) is 1.50. The van der Waals surface area contributed by atoms with Gasteiger partial charge in [0.05, 0.1) is 17.8 Å². The van der Waals surface area contributed by atoms with Crippen LogP contribution in [0.3, 0.4) is 0 Å². The molecule has 0 spiro atoms. The maximum absolute atomic E-state index is 9.87. The fraction of sp³-hybridized carbons (Fsp3) is 1.00. The number of aliphatic hydroxyl groups is 1. The van der Waals surface area contributed by atoms with Gasteiger partial charge in [-0.2, -0.15) is 0 Å². The van der Waals surface area contributed by atoms with Gasteiger partial charge in [0.25, 0.3) is 0 Å². The van der Waals surface area contributed by atoms with Crippen molar-refractivity contribution in [2.24, 2.45) is 0 Å². The van der Waals surface area contributed by atoms with E-state index in [-0.39, 0.29) is 5.60 Å². The Labute approximate surface area is 75.9 Å². The fourth-order valence-corrected chi connectivity index (χ4v) is 0.805. The molecule has 0 atom stereocenters. The summed E-state index contributed by atoms with van der Waals surface area (Å²) >= 11 is 0. The SMILES string of the molecule is CCC(O)(CC)COC(C)(C)C. The Morgan fingerprint density at radius 3 is 1.75 bits per heavy atom. The van der Waals surface area contributed by atoms with Crippen LogP contribution in [0.25, 0.3) is 0 Å². The van der Waals surface area contributed by atoms with E-state index in [0.29, 0.717) is 6.61 Å². The zero-order chi connectivity index (χ0) is 9.83. The van der Waals surface area contributed by atoms with Crippen molar-refractivity contribution in [3.05, 3.63) is 0 Å². The van der Waals surface area contributed by atoms with Gasteiger partial charge in [-0.1, -0.05) is 13.8 Å². The molecule has 0 heterocycles. The lowest BCUT2D eigenvalue weighted by Crippen LogP contribution is -2.36. The largest absolute Gasteiger partial charge is 0.388 e. The van der Waals surface area contributed by atoms with Crippen molar-refractivity contribution in [2.45, 2.75) is 58.7 Å². The molecule has 74 valence electrons. The molecule has 1 N–H and O–H groups in total. The van der Waals surface area contributed by atoms with E-state index in [0.717, 1.165) is 12.8 Å². The number of rotatable bonds is 4. The van der Waals surface area contributed by atoms with Gasteiger partial charge in [-0.3, -0.25) is 0 Å². The molecule has 0 unspecified atom stereocenters. The van der Waals surface area contributed by atoms with Gasteiger partial charge in [0.15, 0.2) is 0 Å². The molecule has 2 nitrogen and oxygen atoms in total. The maximum Gasteiger partial charge on any atom is 0.0875 e. The Morgan fingerprint density at radius 2 is 1.50 bits per heavy atom. The predicted octanol–water partition coefficient (Wildman–Crippen LogP) is 2.35. The van der Waals surface area contributed by atoms with Crippen LogP contribution >= 0.6 is 0 Å². The molecule has 0 aromatic rings. The highest BCUT2D eigenvalue weighted by Crippen LogP contribution is 2.18. The molecule has 2 heteroatoms. The fourth-order valence-electron chi connectivity index (χ4n) is 0.805. The van der Waals surface area contributed by atoms with Crippen LogP contribution in [0.4, 0.5) is 0 Å². The zero-order valence-electron chi connectivity index (χ0n) is 8.98. The number of hydrogen-bond acceptors (Lipinski definition) is 2. The normalized spacial score (nSPS) is 13.5. The van der Waals surface area contributed by atoms with Crippen LogP contribution in [0.15, 0.2) is 0 Å². The van der Waals surface area contributed by atoms with E-state index in [9.17, 15) is 5.11 Å². The van der Waals surface area contributed by atoms with Gasteiger partial charge in [-0.25, -0.2) is 0 Å². The Kier molecular flexibility index (Phi) is 4.21. The Bertz CT molecular complexity index is 120. The first-order chi connectivity index (χ1) is 5.33. The molecule has 0 aliphatic heterocycles. The summed E-state index contributed by atoms with van der Waals surface area (Å²) in [6, 6.07) is 0. The molecule has 0 fully saturated rings. The Hall–Kier alpha value is -0.0800. The van der Waals surface area contributed by atoms with Gasteiger partial charge in [0.1, 0.15) is 0 Å². The first-order valence-corrected chi connectivity index (χ1v) is 4.69. The van der Waals surface area contributed by atoms with E-state index in [1.54, 1.807) is 0 Å². The van der Waals surface area contributed by atoms with Crippen LogP contribution in [0.2, 0.25) is 0 Å². The average molecular weight is 174 g/mol. The van der Waals surface area contributed by atoms with Crippen LogP contribution in [0.5, 0.6) is 0 Å². The van der Waals surface area contributed by atoms with Crippen LogP contribution in [0.1, 0.15) is 47.5 Å². The van der Waals surface area contributed by atoms with E-state index in [4.69, 9.17) is 4.74 Å². The van der Waals surface area contributed by atoms with E-state index in [2.05, 4.69) is 0 Å². The van der Waals surface area contributed by atoms with Crippen LogP contribution in [-0.4, -0.2) is 22.9 Å². The van der Waals surface area contributed by atoms with Crippen molar-refractivity contribution in [3.63, 3.8) is 0 Å². The third-order valence-corrected chi connectivity index (χ3v) is 2.09. The summed E-state index contributed by atoms with van der Waals surface area (Å²) < 4.78 is 5.53. The first kappa shape index (κ1) is 11.9. The monoisotopic (exact) mass is 174 g/mol.